The minimum atomic E-state index is -0.473. The minimum absolute atomic E-state index is 0.473. The third-order valence-corrected chi connectivity index (χ3v) is 10.1. The largest absolute Gasteiger partial charge is 0.310 e. The summed E-state index contributed by atoms with van der Waals surface area (Å²) >= 11 is 0. The SMILES string of the molecule is c1ccc(-c2ccc(N(c3ccccc3)c3cccc4c3-c3ccccc3C4(c3ccccc3)c3ccccc3)cc2-c2ccccc2)cc1. The zero-order valence-electron chi connectivity index (χ0n) is 27.7. The first-order valence-corrected chi connectivity index (χ1v) is 17.3. The molecule has 0 unspecified atom stereocenters. The van der Waals surface area contributed by atoms with Gasteiger partial charge in [-0.3, -0.25) is 0 Å². The highest BCUT2D eigenvalue weighted by molar-refractivity contribution is 5.98. The summed E-state index contributed by atoms with van der Waals surface area (Å²) in [7, 11) is 0. The van der Waals surface area contributed by atoms with E-state index in [-0.39, 0.29) is 0 Å². The van der Waals surface area contributed by atoms with E-state index in [1.165, 1.54) is 55.6 Å². The van der Waals surface area contributed by atoms with Gasteiger partial charge in [-0.25, -0.2) is 0 Å². The van der Waals surface area contributed by atoms with Gasteiger partial charge in [-0.2, -0.15) is 0 Å². The Morgan fingerprint density at radius 1 is 0.320 bits per heavy atom. The number of benzene rings is 8. The van der Waals surface area contributed by atoms with Crippen LogP contribution in [-0.4, -0.2) is 0 Å². The van der Waals surface area contributed by atoms with Crippen molar-refractivity contribution in [2.24, 2.45) is 0 Å². The summed E-state index contributed by atoms with van der Waals surface area (Å²) in [6.07, 6.45) is 0. The standard InChI is InChI=1S/C49H35N/c1-6-19-36(20-7-1)42-34-33-41(35-44(42)37-21-8-2-9-22-37)50(40-27-14-5-15-28-40)47-32-18-31-46-48(47)43-29-16-17-30-45(43)49(46,38-23-10-3-11-24-38)39-25-12-4-13-26-39/h1-35H. The predicted molar refractivity (Wildman–Crippen MR) is 209 cm³/mol. The first-order valence-electron chi connectivity index (χ1n) is 17.3. The number of hydrogen-bond donors (Lipinski definition) is 0. The summed E-state index contributed by atoms with van der Waals surface area (Å²) in [6, 6.07) is 77.1. The Balaban J connectivity index is 1.34. The van der Waals surface area contributed by atoms with Crippen LogP contribution in [0.4, 0.5) is 17.1 Å². The molecule has 9 rings (SSSR count). The van der Waals surface area contributed by atoms with E-state index in [1.54, 1.807) is 0 Å². The molecule has 0 N–H and O–H groups in total. The molecule has 1 nitrogen and oxygen atoms in total. The number of nitrogens with zero attached hydrogens (tertiary/aromatic N) is 1. The summed E-state index contributed by atoms with van der Waals surface area (Å²) < 4.78 is 0. The molecule has 8 aromatic rings. The highest BCUT2D eigenvalue weighted by atomic mass is 15.1. The molecule has 1 heteroatoms. The number of fused-ring (bicyclic) bond motifs is 3. The molecule has 236 valence electrons. The summed E-state index contributed by atoms with van der Waals surface area (Å²) in [4.78, 5) is 2.45. The smallest absolute Gasteiger partial charge is 0.0714 e. The summed E-state index contributed by atoms with van der Waals surface area (Å²) in [5, 5.41) is 0. The topological polar surface area (TPSA) is 3.24 Å². The molecule has 8 aromatic carbocycles. The lowest BCUT2D eigenvalue weighted by Crippen LogP contribution is -2.28. The van der Waals surface area contributed by atoms with Gasteiger partial charge < -0.3 is 4.90 Å². The van der Waals surface area contributed by atoms with Crippen LogP contribution in [0, 0.1) is 0 Å². The molecule has 1 aliphatic carbocycles. The molecule has 0 spiro atoms. The van der Waals surface area contributed by atoms with Gasteiger partial charge in [0.25, 0.3) is 0 Å². The fraction of sp³-hybridized carbons (Fsp3) is 0.0204. The second-order valence-electron chi connectivity index (χ2n) is 12.9. The average Bonchev–Trinajstić information content (AvgIpc) is 3.51. The van der Waals surface area contributed by atoms with Crippen molar-refractivity contribution in [2.75, 3.05) is 4.90 Å². The highest BCUT2D eigenvalue weighted by Crippen LogP contribution is 2.59. The Morgan fingerprint density at radius 2 is 0.820 bits per heavy atom. The first kappa shape index (κ1) is 29.7. The van der Waals surface area contributed by atoms with E-state index < -0.39 is 5.41 Å². The van der Waals surface area contributed by atoms with Crippen molar-refractivity contribution in [1.82, 2.24) is 0 Å². The third-order valence-electron chi connectivity index (χ3n) is 10.1. The Bertz CT molecular complexity index is 2360. The van der Waals surface area contributed by atoms with Crippen molar-refractivity contribution < 1.29 is 0 Å². The summed E-state index contributed by atoms with van der Waals surface area (Å²) in [5.74, 6) is 0. The Morgan fingerprint density at radius 3 is 1.44 bits per heavy atom. The van der Waals surface area contributed by atoms with Crippen molar-refractivity contribution in [3.63, 3.8) is 0 Å². The van der Waals surface area contributed by atoms with Crippen LogP contribution in [-0.2, 0) is 5.41 Å². The zero-order chi connectivity index (χ0) is 33.3. The van der Waals surface area contributed by atoms with Crippen LogP contribution < -0.4 is 4.90 Å². The van der Waals surface area contributed by atoms with Crippen LogP contribution in [0.1, 0.15) is 22.3 Å². The van der Waals surface area contributed by atoms with Gasteiger partial charge in [-0.1, -0.05) is 182 Å². The zero-order valence-corrected chi connectivity index (χ0v) is 27.7. The number of rotatable bonds is 7. The number of anilines is 3. The molecule has 0 saturated carbocycles. The molecule has 0 heterocycles. The van der Waals surface area contributed by atoms with Crippen LogP contribution >= 0.6 is 0 Å². The van der Waals surface area contributed by atoms with Crippen LogP contribution in [0.15, 0.2) is 212 Å². The van der Waals surface area contributed by atoms with Crippen LogP contribution in [0.3, 0.4) is 0 Å². The first-order chi connectivity index (χ1) is 24.8. The third kappa shape index (κ3) is 4.78. The molecule has 1 aliphatic rings. The minimum Gasteiger partial charge on any atom is -0.310 e. The van der Waals surface area contributed by atoms with Gasteiger partial charge in [0.1, 0.15) is 0 Å². The fourth-order valence-electron chi connectivity index (χ4n) is 8.06. The van der Waals surface area contributed by atoms with Gasteiger partial charge in [0.2, 0.25) is 0 Å². The van der Waals surface area contributed by atoms with Crippen molar-refractivity contribution in [3.8, 4) is 33.4 Å². The molecule has 0 atom stereocenters. The maximum absolute atomic E-state index is 2.45. The van der Waals surface area contributed by atoms with E-state index in [9.17, 15) is 0 Å². The number of hydrogen-bond acceptors (Lipinski definition) is 1. The van der Waals surface area contributed by atoms with Crippen LogP contribution in [0.5, 0.6) is 0 Å². The molecule has 0 saturated heterocycles. The maximum Gasteiger partial charge on any atom is 0.0714 e. The van der Waals surface area contributed by atoms with Crippen molar-refractivity contribution in [3.05, 3.63) is 235 Å². The molecule has 50 heavy (non-hydrogen) atoms. The van der Waals surface area contributed by atoms with E-state index in [2.05, 4.69) is 217 Å². The van der Waals surface area contributed by atoms with E-state index >= 15 is 0 Å². The Labute approximate surface area is 294 Å². The lowest BCUT2D eigenvalue weighted by atomic mass is 9.68. The van der Waals surface area contributed by atoms with Crippen LogP contribution in [0.2, 0.25) is 0 Å². The summed E-state index contributed by atoms with van der Waals surface area (Å²) in [6.45, 7) is 0. The molecule has 0 fully saturated rings. The molecule has 0 radical (unpaired) electrons. The van der Waals surface area contributed by atoms with Crippen molar-refractivity contribution in [2.45, 2.75) is 5.41 Å². The lowest BCUT2D eigenvalue weighted by molar-refractivity contribution is 0.768. The van der Waals surface area contributed by atoms with Gasteiger partial charge in [0, 0.05) is 16.9 Å². The van der Waals surface area contributed by atoms with E-state index in [1.807, 2.05) is 0 Å². The highest BCUT2D eigenvalue weighted by Gasteiger charge is 2.47. The van der Waals surface area contributed by atoms with E-state index in [0.717, 1.165) is 17.1 Å². The molecule has 0 bridgehead atoms. The van der Waals surface area contributed by atoms with Gasteiger partial charge in [-0.15, -0.1) is 0 Å². The van der Waals surface area contributed by atoms with E-state index in [0.29, 0.717) is 0 Å². The maximum atomic E-state index is 2.45. The molecule has 0 aliphatic heterocycles. The van der Waals surface area contributed by atoms with Gasteiger partial charge in [-0.05, 0) is 80.4 Å². The predicted octanol–water partition coefficient (Wildman–Crippen LogP) is 12.9. The number of para-hydroxylation sites is 1. The normalized spacial score (nSPS) is 12.6. The summed E-state index contributed by atoms with van der Waals surface area (Å²) in [5.41, 5.74) is 15.3. The van der Waals surface area contributed by atoms with Crippen LogP contribution in [0.25, 0.3) is 33.4 Å². The monoisotopic (exact) mass is 637 g/mol. The van der Waals surface area contributed by atoms with Gasteiger partial charge >= 0.3 is 0 Å². The van der Waals surface area contributed by atoms with E-state index in [4.69, 9.17) is 0 Å². The Hall–Kier alpha value is -6.44. The molecular weight excluding hydrogens is 603 g/mol. The quantitative estimate of drug-likeness (QED) is 0.168. The van der Waals surface area contributed by atoms with Gasteiger partial charge in [0.15, 0.2) is 0 Å². The molecule has 0 amide bonds. The second-order valence-corrected chi connectivity index (χ2v) is 12.9. The van der Waals surface area contributed by atoms with Crippen molar-refractivity contribution in [1.29, 1.82) is 0 Å². The molecular formula is C49H35N. The Kier molecular flexibility index (Phi) is 7.44. The average molecular weight is 638 g/mol. The lowest BCUT2D eigenvalue weighted by Gasteiger charge is -2.34. The fourth-order valence-corrected chi connectivity index (χ4v) is 8.06. The molecule has 0 aromatic heterocycles. The van der Waals surface area contributed by atoms with Crippen molar-refractivity contribution >= 4 is 17.1 Å². The van der Waals surface area contributed by atoms with Gasteiger partial charge in [0.05, 0.1) is 11.1 Å². The second kappa shape index (κ2) is 12.5.